The number of ether oxygens (including phenoxy) is 1. The van der Waals surface area contributed by atoms with E-state index in [0.29, 0.717) is 10.8 Å². The number of rotatable bonds is 4. The molecule has 2 heteroatoms. The molecule has 2 nitrogen and oxygen atoms in total. The number of nitrogens with one attached hydrogen (secondary N) is 1. The molecule has 1 aromatic carbocycles. The van der Waals surface area contributed by atoms with Gasteiger partial charge >= 0.3 is 0 Å². The summed E-state index contributed by atoms with van der Waals surface area (Å²) >= 11 is 0. The number of benzene rings is 1. The first-order valence-corrected chi connectivity index (χ1v) is 7.51. The zero-order valence-electron chi connectivity index (χ0n) is 12.2. The molecule has 2 aliphatic rings. The zero-order valence-corrected chi connectivity index (χ0v) is 12.2. The number of hydrogen-bond acceptors (Lipinski definition) is 2. The predicted molar refractivity (Wildman–Crippen MR) is 78.7 cm³/mol. The monoisotopic (exact) mass is 259 g/mol. The Morgan fingerprint density at radius 2 is 1.95 bits per heavy atom. The van der Waals surface area contributed by atoms with E-state index in [1.54, 1.807) is 7.11 Å². The van der Waals surface area contributed by atoms with Crippen molar-refractivity contribution >= 4 is 0 Å². The molecule has 104 valence electrons. The summed E-state index contributed by atoms with van der Waals surface area (Å²) in [6.07, 6.45) is 8.48. The summed E-state index contributed by atoms with van der Waals surface area (Å²) in [5, 5.41) is 3.41. The SMILES string of the molecule is CNCC1(c2cccc(OC)c2)CC2(CCCC2)C1. The molecule has 1 spiro atoms. The molecule has 0 radical (unpaired) electrons. The molecular formula is C17H25NO. The largest absolute Gasteiger partial charge is 0.497 e. The first kappa shape index (κ1) is 13.0. The maximum atomic E-state index is 5.39. The van der Waals surface area contributed by atoms with Crippen LogP contribution in [0.2, 0.25) is 0 Å². The van der Waals surface area contributed by atoms with Gasteiger partial charge in [0.25, 0.3) is 0 Å². The van der Waals surface area contributed by atoms with E-state index in [1.807, 2.05) is 6.07 Å². The van der Waals surface area contributed by atoms with Gasteiger partial charge in [0.2, 0.25) is 0 Å². The summed E-state index contributed by atoms with van der Waals surface area (Å²) in [4.78, 5) is 0. The summed E-state index contributed by atoms with van der Waals surface area (Å²) in [5.74, 6) is 0.986. The third kappa shape index (κ3) is 2.16. The molecule has 0 aromatic heterocycles. The van der Waals surface area contributed by atoms with Crippen molar-refractivity contribution in [3.05, 3.63) is 29.8 Å². The highest BCUT2D eigenvalue weighted by atomic mass is 16.5. The van der Waals surface area contributed by atoms with Gasteiger partial charge < -0.3 is 10.1 Å². The topological polar surface area (TPSA) is 21.3 Å². The van der Waals surface area contributed by atoms with Gasteiger partial charge in [-0.3, -0.25) is 0 Å². The van der Waals surface area contributed by atoms with Gasteiger partial charge in [0, 0.05) is 12.0 Å². The van der Waals surface area contributed by atoms with Crippen LogP contribution in [-0.4, -0.2) is 20.7 Å². The first-order valence-electron chi connectivity index (χ1n) is 7.51. The minimum absolute atomic E-state index is 0.341. The summed E-state index contributed by atoms with van der Waals surface area (Å²) < 4.78 is 5.39. The molecule has 1 aromatic rings. The molecule has 19 heavy (non-hydrogen) atoms. The van der Waals surface area contributed by atoms with Gasteiger partial charge in [-0.15, -0.1) is 0 Å². The Morgan fingerprint density at radius 1 is 1.21 bits per heavy atom. The highest BCUT2D eigenvalue weighted by Crippen LogP contribution is 2.62. The Kier molecular flexibility index (Phi) is 3.30. The van der Waals surface area contributed by atoms with Crippen LogP contribution in [0.5, 0.6) is 5.75 Å². The van der Waals surface area contributed by atoms with E-state index in [-0.39, 0.29) is 0 Å². The fourth-order valence-corrected chi connectivity index (χ4v) is 4.58. The lowest BCUT2D eigenvalue weighted by molar-refractivity contribution is 0.0281. The molecule has 0 unspecified atom stereocenters. The quantitative estimate of drug-likeness (QED) is 0.893. The second-order valence-corrected chi connectivity index (χ2v) is 6.60. The molecule has 2 aliphatic carbocycles. The third-order valence-corrected chi connectivity index (χ3v) is 5.29. The molecule has 1 N–H and O–H groups in total. The van der Waals surface area contributed by atoms with Crippen molar-refractivity contribution in [1.82, 2.24) is 5.32 Å². The molecule has 0 amide bonds. The zero-order chi connectivity index (χ0) is 13.3. The van der Waals surface area contributed by atoms with Crippen molar-refractivity contribution in [3.8, 4) is 5.75 Å². The Bertz CT molecular complexity index is 440. The van der Waals surface area contributed by atoms with Crippen LogP contribution in [0.1, 0.15) is 44.1 Å². The molecule has 3 rings (SSSR count). The molecule has 0 heterocycles. The second kappa shape index (κ2) is 4.82. The van der Waals surface area contributed by atoms with Gasteiger partial charge in [-0.05, 0) is 55.8 Å². The van der Waals surface area contributed by atoms with Crippen molar-refractivity contribution < 1.29 is 4.74 Å². The Morgan fingerprint density at radius 3 is 2.58 bits per heavy atom. The van der Waals surface area contributed by atoms with Gasteiger partial charge in [-0.25, -0.2) is 0 Å². The summed E-state index contributed by atoms with van der Waals surface area (Å²) in [7, 11) is 3.82. The second-order valence-electron chi connectivity index (χ2n) is 6.60. The number of likely N-dealkylation sites (N-methyl/N-ethyl adjacent to an activating group) is 1. The van der Waals surface area contributed by atoms with Crippen LogP contribution in [-0.2, 0) is 5.41 Å². The minimum atomic E-state index is 0.341. The summed E-state index contributed by atoms with van der Waals surface area (Å²) in [5.41, 5.74) is 2.46. The van der Waals surface area contributed by atoms with Gasteiger partial charge in [0.1, 0.15) is 5.75 Å². The van der Waals surface area contributed by atoms with E-state index in [2.05, 4.69) is 30.6 Å². The molecule has 2 saturated carbocycles. The van der Waals surface area contributed by atoms with Crippen molar-refractivity contribution in [2.45, 2.75) is 43.9 Å². The predicted octanol–water partition coefficient (Wildman–Crippen LogP) is 3.51. The van der Waals surface area contributed by atoms with Crippen LogP contribution in [0.25, 0.3) is 0 Å². The lowest BCUT2D eigenvalue weighted by Gasteiger charge is -2.56. The van der Waals surface area contributed by atoms with Crippen LogP contribution in [0.3, 0.4) is 0 Å². The first-order chi connectivity index (χ1) is 9.22. The minimum Gasteiger partial charge on any atom is -0.497 e. The lowest BCUT2D eigenvalue weighted by Crippen LogP contribution is -2.53. The van der Waals surface area contributed by atoms with Crippen LogP contribution >= 0.6 is 0 Å². The van der Waals surface area contributed by atoms with Crippen molar-refractivity contribution in [1.29, 1.82) is 0 Å². The molecule has 0 aliphatic heterocycles. The Labute approximate surface area is 116 Å². The van der Waals surface area contributed by atoms with E-state index in [1.165, 1.54) is 44.1 Å². The molecule has 0 saturated heterocycles. The Balaban J connectivity index is 1.85. The highest BCUT2D eigenvalue weighted by Gasteiger charge is 2.55. The lowest BCUT2D eigenvalue weighted by atomic mass is 9.49. The summed E-state index contributed by atoms with van der Waals surface area (Å²) in [6.45, 7) is 1.09. The smallest absolute Gasteiger partial charge is 0.119 e. The molecular weight excluding hydrogens is 234 g/mol. The summed E-state index contributed by atoms with van der Waals surface area (Å²) in [6, 6.07) is 8.69. The van der Waals surface area contributed by atoms with Crippen LogP contribution in [0.15, 0.2) is 24.3 Å². The normalized spacial score (nSPS) is 23.3. The number of methoxy groups -OCH3 is 1. The van der Waals surface area contributed by atoms with Gasteiger partial charge in [0.05, 0.1) is 7.11 Å². The maximum absolute atomic E-state index is 5.39. The van der Waals surface area contributed by atoms with Crippen LogP contribution in [0.4, 0.5) is 0 Å². The molecule has 0 atom stereocenters. The van der Waals surface area contributed by atoms with E-state index in [0.717, 1.165) is 12.3 Å². The van der Waals surface area contributed by atoms with E-state index < -0.39 is 0 Å². The third-order valence-electron chi connectivity index (χ3n) is 5.29. The van der Waals surface area contributed by atoms with E-state index in [9.17, 15) is 0 Å². The highest BCUT2D eigenvalue weighted by molar-refractivity contribution is 5.37. The molecule has 2 fully saturated rings. The fourth-order valence-electron chi connectivity index (χ4n) is 4.58. The van der Waals surface area contributed by atoms with Crippen LogP contribution < -0.4 is 10.1 Å². The van der Waals surface area contributed by atoms with Crippen molar-refractivity contribution in [2.75, 3.05) is 20.7 Å². The Hall–Kier alpha value is -1.02. The van der Waals surface area contributed by atoms with Gasteiger partial charge in [0.15, 0.2) is 0 Å². The fraction of sp³-hybridized carbons (Fsp3) is 0.647. The average molecular weight is 259 g/mol. The van der Waals surface area contributed by atoms with Crippen molar-refractivity contribution in [2.24, 2.45) is 5.41 Å². The van der Waals surface area contributed by atoms with E-state index in [4.69, 9.17) is 4.74 Å². The standard InChI is InChI=1S/C17H25NO/c1-18-13-17(11-16(12-17)8-3-4-9-16)14-6-5-7-15(10-14)19-2/h5-7,10,18H,3-4,8-9,11-13H2,1-2H3. The van der Waals surface area contributed by atoms with Crippen molar-refractivity contribution in [3.63, 3.8) is 0 Å². The maximum Gasteiger partial charge on any atom is 0.119 e. The van der Waals surface area contributed by atoms with Crippen LogP contribution in [0, 0.1) is 5.41 Å². The van der Waals surface area contributed by atoms with Gasteiger partial charge in [-0.2, -0.15) is 0 Å². The number of hydrogen-bond donors (Lipinski definition) is 1. The average Bonchev–Trinajstić information content (AvgIpc) is 2.87. The van der Waals surface area contributed by atoms with E-state index >= 15 is 0 Å². The molecule has 0 bridgehead atoms. The van der Waals surface area contributed by atoms with Gasteiger partial charge in [-0.1, -0.05) is 25.0 Å².